The summed E-state index contributed by atoms with van der Waals surface area (Å²) in [7, 11) is 1.38. The molecule has 1 amide bonds. The molecule has 134 valence electrons. The summed E-state index contributed by atoms with van der Waals surface area (Å²) in [4.78, 5) is 15.5. The van der Waals surface area contributed by atoms with E-state index in [1.54, 1.807) is 6.08 Å². The molecule has 2 N–H and O–H groups in total. The van der Waals surface area contributed by atoms with E-state index in [2.05, 4.69) is 16.9 Å². The van der Waals surface area contributed by atoms with E-state index in [9.17, 15) is 18.0 Å². The second kappa shape index (κ2) is 11.4. The van der Waals surface area contributed by atoms with Crippen LogP contribution in [0, 0.1) is 0 Å². The molecular formula is C17H23F3N2O2. The van der Waals surface area contributed by atoms with Gasteiger partial charge in [0, 0.05) is 20.6 Å². The number of carbonyl (C=O) groups is 1. The lowest BCUT2D eigenvalue weighted by Gasteiger charge is -2.33. The Morgan fingerprint density at radius 3 is 2.42 bits per heavy atom. The van der Waals surface area contributed by atoms with Crippen molar-refractivity contribution in [1.82, 2.24) is 5.32 Å². The van der Waals surface area contributed by atoms with E-state index in [4.69, 9.17) is 5.11 Å². The van der Waals surface area contributed by atoms with Crippen LogP contribution in [0.1, 0.15) is 13.3 Å². The van der Waals surface area contributed by atoms with E-state index in [0.29, 0.717) is 6.42 Å². The molecule has 4 nitrogen and oxygen atoms in total. The van der Waals surface area contributed by atoms with Crippen LogP contribution < -0.4 is 5.32 Å². The molecule has 0 spiro atoms. The van der Waals surface area contributed by atoms with Crippen LogP contribution in [0.25, 0.3) is 0 Å². The van der Waals surface area contributed by atoms with E-state index in [1.807, 2.05) is 0 Å². The molecule has 0 bridgehead atoms. The van der Waals surface area contributed by atoms with Crippen molar-refractivity contribution in [2.75, 3.05) is 27.0 Å². The molecule has 0 aromatic heterocycles. The minimum Gasteiger partial charge on any atom is -0.396 e. The summed E-state index contributed by atoms with van der Waals surface area (Å²) in [5, 5.41) is 11.3. The topological polar surface area (TPSA) is 61.7 Å². The van der Waals surface area contributed by atoms with Gasteiger partial charge in [-0.05, 0) is 30.2 Å². The lowest BCUT2D eigenvalue weighted by Crippen LogP contribution is -2.56. The number of alkyl halides is 2. The molecule has 0 radical (unpaired) electrons. The van der Waals surface area contributed by atoms with Crippen LogP contribution in [0.5, 0.6) is 0 Å². The van der Waals surface area contributed by atoms with Gasteiger partial charge in [-0.3, -0.25) is 9.79 Å². The summed E-state index contributed by atoms with van der Waals surface area (Å²) < 4.78 is 39.9. The van der Waals surface area contributed by atoms with Gasteiger partial charge >= 0.3 is 0 Å². The van der Waals surface area contributed by atoms with Crippen LogP contribution in [0.15, 0.2) is 53.4 Å². The smallest absolute Gasteiger partial charge is 0.217 e. The molecule has 1 atom stereocenters. The molecule has 0 rings (SSSR count). The zero-order chi connectivity index (χ0) is 18.6. The first-order chi connectivity index (χ1) is 11.4. The van der Waals surface area contributed by atoms with Gasteiger partial charge in [0.15, 0.2) is 0 Å². The highest BCUT2D eigenvalue weighted by molar-refractivity contribution is 6.07. The normalized spacial score (nSPS) is 15.8. The van der Waals surface area contributed by atoms with Crippen LogP contribution in [0.4, 0.5) is 13.2 Å². The van der Waals surface area contributed by atoms with Gasteiger partial charge in [0.25, 0.3) is 0 Å². The molecule has 0 aliphatic rings. The van der Waals surface area contributed by atoms with Gasteiger partial charge < -0.3 is 10.4 Å². The van der Waals surface area contributed by atoms with Crippen molar-refractivity contribution in [3.63, 3.8) is 0 Å². The van der Waals surface area contributed by atoms with Crippen LogP contribution in [0.3, 0.4) is 0 Å². The number of amides is 1. The van der Waals surface area contributed by atoms with Crippen molar-refractivity contribution in [2.24, 2.45) is 4.99 Å². The number of hydrogen-bond acceptors (Lipinski definition) is 3. The number of hydrogen-bond donors (Lipinski definition) is 2. The Hall–Kier alpha value is -2.15. The van der Waals surface area contributed by atoms with Gasteiger partial charge in [0.2, 0.25) is 5.91 Å². The number of nitrogens with zero attached hydrogens (tertiary/aromatic N) is 1. The molecule has 1 unspecified atom stereocenters. The van der Waals surface area contributed by atoms with Gasteiger partial charge in [0.1, 0.15) is 24.7 Å². The van der Waals surface area contributed by atoms with Crippen LogP contribution in [-0.4, -0.2) is 49.3 Å². The number of aliphatic imine (C=N–C) groups is 1. The molecule has 0 aliphatic heterocycles. The summed E-state index contributed by atoms with van der Waals surface area (Å²) in [6.07, 6.45) is 6.37. The predicted octanol–water partition coefficient (Wildman–Crippen LogP) is 2.78. The molecule has 0 aromatic carbocycles. The summed E-state index contributed by atoms with van der Waals surface area (Å²) in [6, 6.07) is 0. The second-order valence-electron chi connectivity index (χ2n) is 4.84. The second-order valence-corrected chi connectivity index (χ2v) is 4.84. The fraction of sp³-hybridized carbons (Fsp3) is 0.412. The highest BCUT2D eigenvalue weighted by Crippen LogP contribution is 2.24. The number of aliphatic hydroxyl groups excluding tert-OH is 1. The molecular weight excluding hydrogens is 321 g/mol. The Morgan fingerprint density at radius 1 is 1.33 bits per heavy atom. The highest BCUT2D eigenvalue weighted by atomic mass is 19.1. The zero-order valence-corrected chi connectivity index (χ0v) is 13.9. The van der Waals surface area contributed by atoms with Gasteiger partial charge in [0.05, 0.1) is 5.71 Å². The standard InChI is InChI=1S/C17H23F3N2O2/c1-13(20)7-8-15(9-10-18)17(12-19,22-14(2)24)16(21-3)6-4-5-11-23/h4,6-9,23H,1,5,10-12H2,2-3H3,(H,22,24)/b6-4-,8-7-,15-9+,21-16?. The predicted molar refractivity (Wildman–Crippen MR) is 90.2 cm³/mol. The van der Waals surface area contributed by atoms with Crippen molar-refractivity contribution in [2.45, 2.75) is 18.9 Å². The minimum atomic E-state index is -1.77. The Bertz CT molecular complexity index is 554. The third-order valence-corrected chi connectivity index (χ3v) is 3.07. The van der Waals surface area contributed by atoms with Gasteiger partial charge in [-0.15, -0.1) is 0 Å². The number of carbonyl (C=O) groups excluding carboxylic acids is 1. The quantitative estimate of drug-likeness (QED) is 0.473. The molecule has 24 heavy (non-hydrogen) atoms. The zero-order valence-electron chi connectivity index (χ0n) is 13.9. The summed E-state index contributed by atoms with van der Waals surface area (Å²) in [6.45, 7) is 2.04. The Balaban J connectivity index is 6.21. The maximum absolute atomic E-state index is 14.0. The van der Waals surface area contributed by atoms with Gasteiger partial charge in [-0.1, -0.05) is 18.7 Å². The summed E-state index contributed by atoms with van der Waals surface area (Å²) in [5.74, 6) is -1.37. The Labute approximate surface area is 140 Å². The first-order valence-electron chi connectivity index (χ1n) is 7.26. The van der Waals surface area contributed by atoms with Crippen LogP contribution in [-0.2, 0) is 4.79 Å². The summed E-state index contributed by atoms with van der Waals surface area (Å²) >= 11 is 0. The summed E-state index contributed by atoms with van der Waals surface area (Å²) in [5.41, 5.74) is -1.68. The number of nitrogens with one attached hydrogen (secondary N) is 1. The van der Waals surface area contributed by atoms with Crippen molar-refractivity contribution >= 4 is 11.6 Å². The fourth-order valence-corrected chi connectivity index (χ4v) is 2.09. The molecule has 0 saturated carbocycles. The SMILES string of the molecule is C=C(F)/C=C\C(=C/CF)C(CF)(NC(C)=O)C(/C=C\CCO)=NC. The molecule has 0 saturated heterocycles. The molecule has 0 aliphatic carbocycles. The maximum Gasteiger partial charge on any atom is 0.217 e. The highest BCUT2D eigenvalue weighted by Gasteiger charge is 2.38. The van der Waals surface area contributed by atoms with E-state index in [0.717, 1.165) is 18.2 Å². The van der Waals surface area contributed by atoms with E-state index in [1.165, 1.54) is 20.0 Å². The lowest BCUT2D eigenvalue weighted by molar-refractivity contribution is -0.120. The fourth-order valence-electron chi connectivity index (χ4n) is 2.09. The minimum absolute atomic E-state index is 0.00394. The molecule has 0 aromatic rings. The average molecular weight is 344 g/mol. The Kier molecular flexibility index (Phi) is 10.4. The van der Waals surface area contributed by atoms with Crippen molar-refractivity contribution < 1.29 is 23.1 Å². The number of rotatable bonds is 10. The molecule has 0 heterocycles. The van der Waals surface area contributed by atoms with E-state index >= 15 is 0 Å². The molecule has 7 heteroatoms. The number of halogens is 3. The third-order valence-electron chi connectivity index (χ3n) is 3.07. The van der Waals surface area contributed by atoms with Gasteiger partial charge in [-0.25, -0.2) is 13.2 Å². The lowest BCUT2D eigenvalue weighted by atomic mass is 9.84. The van der Waals surface area contributed by atoms with Crippen LogP contribution >= 0.6 is 0 Å². The third kappa shape index (κ3) is 6.54. The number of aliphatic hydroxyl groups is 1. The van der Waals surface area contributed by atoms with E-state index in [-0.39, 0.29) is 17.9 Å². The van der Waals surface area contributed by atoms with Crippen molar-refractivity contribution in [3.8, 4) is 0 Å². The van der Waals surface area contributed by atoms with Gasteiger partial charge in [-0.2, -0.15) is 0 Å². The largest absolute Gasteiger partial charge is 0.396 e. The molecule has 0 fully saturated rings. The van der Waals surface area contributed by atoms with Crippen LogP contribution in [0.2, 0.25) is 0 Å². The van der Waals surface area contributed by atoms with E-state index < -0.39 is 30.6 Å². The van der Waals surface area contributed by atoms with Crippen molar-refractivity contribution in [3.05, 3.63) is 48.4 Å². The Morgan fingerprint density at radius 2 is 2.00 bits per heavy atom. The monoisotopic (exact) mass is 344 g/mol. The number of allylic oxidation sites excluding steroid dienone is 3. The first-order valence-corrected chi connectivity index (χ1v) is 7.26. The average Bonchev–Trinajstić information content (AvgIpc) is 2.53. The maximum atomic E-state index is 14.0. The first kappa shape index (κ1) is 21.9. The van der Waals surface area contributed by atoms with Crippen molar-refractivity contribution in [1.29, 1.82) is 0 Å².